The third-order valence-corrected chi connectivity index (χ3v) is 5.18. The van der Waals surface area contributed by atoms with Gasteiger partial charge < -0.3 is 20.3 Å². The topological polar surface area (TPSA) is 83.0 Å². The summed E-state index contributed by atoms with van der Waals surface area (Å²) in [6.45, 7) is 1.98. The summed E-state index contributed by atoms with van der Waals surface area (Å²) in [4.78, 5) is 6.37. The van der Waals surface area contributed by atoms with Crippen molar-refractivity contribution in [2.75, 3.05) is 50.7 Å². The quantitative estimate of drug-likeness (QED) is 0.561. The molecule has 1 fully saturated rings. The van der Waals surface area contributed by atoms with Crippen molar-refractivity contribution in [3.8, 4) is 5.75 Å². The molecule has 0 bridgehead atoms. The highest BCUT2D eigenvalue weighted by atomic mass is 35.5. The Morgan fingerprint density at radius 1 is 1.48 bits per heavy atom. The second-order valence-electron chi connectivity index (χ2n) is 6.02. The van der Waals surface area contributed by atoms with Crippen LogP contribution in [-0.4, -0.2) is 66.2 Å². The summed E-state index contributed by atoms with van der Waals surface area (Å²) in [7, 11) is 0.322. The smallest absolute Gasteiger partial charge is 0.191 e. The maximum absolute atomic E-state index is 11.2. The summed E-state index contributed by atoms with van der Waals surface area (Å²) in [5.41, 5.74) is 0.972. The summed E-state index contributed by atoms with van der Waals surface area (Å²) >= 11 is 6.11. The van der Waals surface area contributed by atoms with E-state index in [0.29, 0.717) is 17.5 Å². The summed E-state index contributed by atoms with van der Waals surface area (Å²) in [5.74, 6) is 1.47. The fourth-order valence-electron chi connectivity index (χ4n) is 2.75. The molecule has 9 heteroatoms. The van der Waals surface area contributed by atoms with Crippen molar-refractivity contribution in [2.24, 2.45) is 4.99 Å². The average Bonchev–Trinajstić information content (AvgIpc) is 3.01. The van der Waals surface area contributed by atoms with Gasteiger partial charge in [0, 0.05) is 44.0 Å². The lowest BCUT2D eigenvalue weighted by Crippen LogP contribution is -2.45. The standard InChI is InChI=1S/C16H25ClN4O3S/c1-18-16(19-7-9-25(3,22)23)20-13-6-8-21(11-13)14-10-12(17)4-5-15(14)24-2/h4-5,10,13H,6-9,11H2,1-3H3,(H2,18,19,20). The van der Waals surface area contributed by atoms with Crippen molar-refractivity contribution in [1.82, 2.24) is 10.6 Å². The molecule has 1 atom stereocenters. The van der Waals surface area contributed by atoms with E-state index in [0.717, 1.165) is 30.9 Å². The first-order valence-electron chi connectivity index (χ1n) is 8.06. The van der Waals surface area contributed by atoms with E-state index in [1.165, 1.54) is 6.26 Å². The van der Waals surface area contributed by atoms with Crippen LogP contribution in [0.5, 0.6) is 5.75 Å². The van der Waals surface area contributed by atoms with Crippen LogP contribution in [0.1, 0.15) is 6.42 Å². The Balaban J connectivity index is 1.93. The van der Waals surface area contributed by atoms with Crippen LogP contribution in [0.15, 0.2) is 23.2 Å². The monoisotopic (exact) mass is 388 g/mol. The van der Waals surface area contributed by atoms with Gasteiger partial charge in [-0.2, -0.15) is 0 Å². The molecule has 0 radical (unpaired) electrons. The largest absolute Gasteiger partial charge is 0.495 e. The van der Waals surface area contributed by atoms with Crippen molar-refractivity contribution >= 4 is 33.1 Å². The van der Waals surface area contributed by atoms with Crippen molar-refractivity contribution in [2.45, 2.75) is 12.5 Å². The van der Waals surface area contributed by atoms with E-state index in [9.17, 15) is 8.42 Å². The van der Waals surface area contributed by atoms with E-state index >= 15 is 0 Å². The van der Waals surface area contributed by atoms with Crippen LogP contribution >= 0.6 is 11.6 Å². The summed E-state index contributed by atoms with van der Waals surface area (Å²) in [6, 6.07) is 5.78. The van der Waals surface area contributed by atoms with Gasteiger partial charge in [-0.05, 0) is 24.6 Å². The third kappa shape index (κ3) is 5.97. The third-order valence-electron chi connectivity index (χ3n) is 4.00. The molecule has 2 N–H and O–H groups in total. The molecule has 0 aromatic heterocycles. The predicted octanol–water partition coefficient (Wildman–Crippen LogP) is 1.14. The Kier molecular flexibility index (Phi) is 6.78. The van der Waals surface area contributed by atoms with E-state index in [4.69, 9.17) is 16.3 Å². The average molecular weight is 389 g/mol. The summed E-state index contributed by atoms with van der Waals surface area (Å²) in [5, 5.41) is 7.04. The Hall–Kier alpha value is -1.67. The molecule has 25 heavy (non-hydrogen) atoms. The number of nitrogens with zero attached hydrogens (tertiary/aromatic N) is 2. The van der Waals surface area contributed by atoms with Crippen LogP contribution in [-0.2, 0) is 9.84 Å². The van der Waals surface area contributed by atoms with E-state index in [1.807, 2.05) is 18.2 Å². The van der Waals surface area contributed by atoms with Gasteiger partial charge in [0.2, 0.25) is 0 Å². The number of sulfone groups is 1. The number of hydrogen-bond donors (Lipinski definition) is 2. The van der Waals surface area contributed by atoms with Crippen LogP contribution in [0.4, 0.5) is 5.69 Å². The van der Waals surface area contributed by atoms with E-state index in [1.54, 1.807) is 14.2 Å². The Morgan fingerprint density at radius 3 is 2.88 bits per heavy atom. The fourth-order valence-corrected chi connectivity index (χ4v) is 3.39. The number of ether oxygens (including phenoxy) is 1. The number of benzene rings is 1. The van der Waals surface area contributed by atoms with Gasteiger partial charge in [-0.15, -0.1) is 0 Å². The molecule has 1 aliphatic rings. The molecule has 1 unspecified atom stereocenters. The molecule has 140 valence electrons. The molecule has 1 saturated heterocycles. The summed E-state index contributed by atoms with van der Waals surface area (Å²) in [6.07, 6.45) is 2.15. The predicted molar refractivity (Wildman–Crippen MR) is 103 cm³/mol. The van der Waals surface area contributed by atoms with E-state index in [2.05, 4.69) is 20.5 Å². The minimum atomic E-state index is -2.99. The molecule has 1 aromatic rings. The molecular weight excluding hydrogens is 364 g/mol. The Morgan fingerprint density at radius 2 is 2.24 bits per heavy atom. The number of rotatable bonds is 6. The van der Waals surface area contributed by atoms with E-state index in [-0.39, 0.29) is 11.8 Å². The molecule has 0 spiro atoms. The second kappa shape index (κ2) is 8.62. The highest BCUT2D eigenvalue weighted by Gasteiger charge is 2.25. The van der Waals surface area contributed by atoms with Crippen molar-refractivity contribution in [3.63, 3.8) is 0 Å². The van der Waals surface area contributed by atoms with Gasteiger partial charge >= 0.3 is 0 Å². The first-order chi connectivity index (χ1) is 11.8. The number of halogens is 1. The molecule has 0 saturated carbocycles. The second-order valence-corrected chi connectivity index (χ2v) is 8.72. The molecule has 1 aliphatic heterocycles. The lowest BCUT2D eigenvalue weighted by molar-refractivity contribution is 0.415. The maximum atomic E-state index is 11.2. The lowest BCUT2D eigenvalue weighted by atomic mass is 10.2. The van der Waals surface area contributed by atoms with Gasteiger partial charge in [0.25, 0.3) is 0 Å². The zero-order valence-electron chi connectivity index (χ0n) is 14.8. The SMILES string of the molecule is CN=C(NCCS(C)(=O)=O)NC1CCN(c2cc(Cl)ccc2OC)C1. The van der Waals surface area contributed by atoms with Crippen molar-refractivity contribution in [1.29, 1.82) is 0 Å². The Bertz CT molecular complexity index is 724. The van der Waals surface area contributed by atoms with Crippen LogP contribution in [0.3, 0.4) is 0 Å². The minimum Gasteiger partial charge on any atom is -0.495 e. The van der Waals surface area contributed by atoms with Crippen molar-refractivity contribution in [3.05, 3.63) is 23.2 Å². The number of guanidine groups is 1. The first kappa shape index (κ1) is 19.7. The number of hydrogen-bond acceptors (Lipinski definition) is 5. The van der Waals surface area contributed by atoms with Crippen LogP contribution in [0.2, 0.25) is 5.02 Å². The molecule has 7 nitrogen and oxygen atoms in total. The first-order valence-corrected chi connectivity index (χ1v) is 10.5. The van der Waals surface area contributed by atoms with Gasteiger partial charge in [0.15, 0.2) is 5.96 Å². The van der Waals surface area contributed by atoms with Crippen molar-refractivity contribution < 1.29 is 13.2 Å². The van der Waals surface area contributed by atoms with E-state index < -0.39 is 9.84 Å². The molecule has 2 rings (SSSR count). The number of aliphatic imine (C=N–C) groups is 1. The van der Waals surface area contributed by atoms with Gasteiger partial charge in [-0.1, -0.05) is 11.6 Å². The van der Waals surface area contributed by atoms with Crippen LogP contribution in [0.25, 0.3) is 0 Å². The zero-order chi connectivity index (χ0) is 18.4. The zero-order valence-corrected chi connectivity index (χ0v) is 16.3. The van der Waals surface area contributed by atoms with Gasteiger partial charge in [-0.3, -0.25) is 4.99 Å². The molecule has 1 aromatic carbocycles. The summed E-state index contributed by atoms with van der Waals surface area (Å²) < 4.78 is 27.8. The lowest BCUT2D eigenvalue weighted by Gasteiger charge is -2.22. The van der Waals surface area contributed by atoms with Crippen LogP contribution < -0.4 is 20.3 Å². The Labute approximate surface area is 154 Å². The number of methoxy groups -OCH3 is 1. The highest BCUT2D eigenvalue weighted by Crippen LogP contribution is 2.33. The van der Waals surface area contributed by atoms with Gasteiger partial charge in [-0.25, -0.2) is 8.42 Å². The molecule has 0 amide bonds. The molecule has 1 heterocycles. The van der Waals surface area contributed by atoms with Gasteiger partial charge in [0.1, 0.15) is 15.6 Å². The fraction of sp³-hybridized carbons (Fsp3) is 0.562. The maximum Gasteiger partial charge on any atom is 0.191 e. The highest BCUT2D eigenvalue weighted by molar-refractivity contribution is 7.90. The van der Waals surface area contributed by atoms with Gasteiger partial charge in [0.05, 0.1) is 18.6 Å². The molecular formula is C16H25ClN4O3S. The van der Waals surface area contributed by atoms with Crippen LogP contribution in [0, 0.1) is 0 Å². The molecule has 0 aliphatic carbocycles. The normalized spacial score (nSPS) is 18.3. The number of anilines is 1. The minimum absolute atomic E-state index is 0.0736. The number of nitrogens with one attached hydrogen (secondary N) is 2.